The van der Waals surface area contributed by atoms with Crippen LogP contribution in [0, 0.1) is 0 Å². The van der Waals surface area contributed by atoms with Crippen molar-refractivity contribution in [3.8, 4) is 11.5 Å². The zero-order valence-electron chi connectivity index (χ0n) is 16.9. The first kappa shape index (κ1) is 21.7. The lowest BCUT2D eigenvalue weighted by atomic mass is 10.1. The summed E-state index contributed by atoms with van der Waals surface area (Å²) in [6.45, 7) is 0.180. The molecule has 0 bridgehead atoms. The summed E-state index contributed by atoms with van der Waals surface area (Å²) < 4.78 is 16.0. The van der Waals surface area contributed by atoms with E-state index in [0.29, 0.717) is 10.8 Å². The Morgan fingerprint density at radius 1 is 1.07 bits per heavy atom. The standard InChI is InChI=1S/C22H24ClN3O4/c1-28-18-9-15(10-19(12-18)29-2)7-8-17-11-21(26-25-17)24-22(27)14-30-13-16-5-3-4-6-20(16)23/h3-6,9-12H,7-8,13-14H2,1-2H3,(H2,24,25,26,27). The zero-order chi connectivity index (χ0) is 21.3. The van der Waals surface area contributed by atoms with Gasteiger partial charge in [-0.2, -0.15) is 5.10 Å². The van der Waals surface area contributed by atoms with Crippen molar-refractivity contribution in [3.05, 3.63) is 70.4 Å². The van der Waals surface area contributed by atoms with Gasteiger partial charge in [0, 0.05) is 22.8 Å². The number of anilines is 1. The topological polar surface area (TPSA) is 85.5 Å². The average molecular weight is 430 g/mol. The molecule has 1 amide bonds. The van der Waals surface area contributed by atoms with Crippen LogP contribution in [0.3, 0.4) is 0 Å². The fourth-order valence-electron chi connectivity index (χ4n) is 2.89. The molecule has 0 spiro atoms. The smallest absolute Gasteiger partial charge is 0.251 e. The molecule has 0 saturated heterocycles. The number of methoxy groups -OCH3 is 2. The van der Waals surface area contributed by atoms with E-state index in [9.17, 15) is 4.79 Å². The van der Waals surface area contributed by atoms with Crippen molar-refractivity contribution in [1.29, 1.82) is 0 Å². The number of nitrogens with one attached hydrogen (secondary N) is 2. The first-order valence-corrected chi connectivity index (χ1v) is 9.82. The third-order valence-corrected chi connectivity index (χ3v) is 4.81. The monoisotopic (exact) mass is 429 g/mol. The number of carbonyl (C=O) groups is 1. The Morgan fingerprint density at radius 2 is 1.80 bits per heavy atom. The quantitative estimate of drug-likeness (QED) is 0.508. The number of benzene rings is 2. The second-order valence-corrected chi connectivity index (χ2v) is 7.04. The fourth-order valence-corrected chi connectivity index (χ4v) is 3.08. The number of rotatable bonds is 10. The van der Waals surface area contributed by atoms with Crippen LogP contribution in [-0.2, 0) is 29.0 Å². The number of aryl methyl sites for hydroxylation is 2. The molecule has 0 saturated carbocycles. The van der Waals surface area contributed by atoms with E-state index in [-0.39, 0.29) is 19.1 Å². The lowest BCUT2D eigenvalue weighted by molar-refractivity contribution is -0.121. The first-order chi connectivity index (χ1) is 14.6. The molecule has 2 aromatic carbocycles. The Labute approximate surface area is 180 Å². The highest BCUT2D eigenvalue weighted by molar-refractivity contribution is 6.31. The molecule has 0 unspecified atom stereocenters. The highest BCUT2D eigenvalue weighted by atomic mass is 35.5. The van der Waals surface area contributed by atoms with Crippen LogP contribution in [0.25, 0.3) is 0 Å². The third kappa shape index (κ3) is 6.23. The van der Waals surface area contributed by atoms with Gasteiger partial charge in [0.05, 0.1) is 20.8 Å². The molecule has 7 nitrogen and oxygen atoms in total. The molecule has 1 aromatic heterocycles. The van der Waals surface area contributed by atoms with Crippen LogP contribution in [0.2, 0.25) is 5.02 Å². The molecule has 0 aliphatic rings. The lowest BCUT2D eigenvalue weighted by Gasteiger charge is -2.08. The number of hydrogen-bond donors (Lipinski definition) is 2. The molecule has 2 N–H and O–H groups in total. The van der Waals surface area contributed by atoms with Gasteiger partial charge in [0.25, 0.3) is 5.91 Å². The van der Waals surface area contributed by atoms with Crippen molar-refractivity contribution in [1.82, 2.24) is 10.2 Å². The van der Waals surface area contributed by atoms with Crippen LogP contribution in [0.15, 0.2) is 48.5 Å². The zero-order valence-corrected chi connectivity index (χ0v) is 17.7. The minimum Gasteiger partial charge on any atom is -0.497 e. The van der Waals surface area contributed by atoms with Crippen LogP contribution in [0.4, 0.5) is 5.82 Å². The molecule has 0 aliphatic carbocycles. The van der Waals surface area contributed by atoms with Gasteiger partial charge in [0.2, 0.25) is 0 Å². The second-order valence-electron chi connectivity index (χ2n) is 6.63. The molecule has 0 fully saturated rings. The number of halogens is 1. The van der Waals surface area contributed by atoms with E-state index in [2.05, 4.69) is 15.5 Å². The van der Waals surface area contributed by atoms with Crippen molar-refractivity contribution in [2.24, 2.45) is 0 Å². The summed E-state index contributed by atoms with van der Waals surface area (Å²) in [4.78, 5) is 12.1. The molecule has 3 aromatic rings. The van der Waals surface area contributed by atoms with Crippen molar-refractivity contribution < 1.29 is 19.0 Å². The Kier molecular flexibility index (Phi) is 7.70. The Balaban J connectivity index is 1.46. The SMILES string of the molecule is COc1cc(CCc2cc(NC(=O)COCc3ccccc3Cl)n[nH]2)cc(OC)c1. The number of carbonyl (C=O) groups excluding carboxylic acids is 1. The summed E-state index contributed by atoms with van der Waals surface area (Å²) in [5.74, 6) is 1.68. The number of hydrogen-bond acceptors (Lipinski definition) is 5. The van der Waals surface area contributed by atoms with Crippen molar-refractivity contribution in [2.45, 2.75) is 19.4 Å². The number of H-pyrrole nitrogens is 1. The molecule has 8 heteroatoms. The second kappa shape index (κ2) is 10.7. The van der Waals surface area contributed by atoms with Gasteiger partial charge in [-0.15, -0.1) is 0 Å². The Bertz CT molecular complexity index is 968. The summed E-state index contributed by atoms with van der Waals surface area (Å²) >= 11 is 6.07. The van der Waals surface area contributed by atoms with E-state index in [0.717, 1.165) is 41.2 Å². The van der Waals surface area contributed by atoms with E-state index in [1.54, 1.807) is 20.3 Å². The van der Waals surface area contributed by atoms with E-state index >= 15 is 0 Å². The van der Waals surface area contributed by atoms with Crippen molar-refractivity contribution in [3.63, 3.8) is 0 Å². The van der Waals surface area contributed by atoms with Crippen LogP contribution in [0.5, 0.6) is 11.5 Å². The maximum atomic E-state index is 12.1. The maximum Gasteiger partial charge on any atom is 0.251 e. The van der Waals surface area contributed by atoms with Gasteiger partial charge in [-0.3, -0.25) is 9.89 Å². The van der Waals surface area contributed by atoms with Gasteiger partial charge < -0.3 is 19.5 Å². The normalized spacial score (nSPS) is 10.6. The molecule has 158 valence electrons. The van der Waals surface area contributed by atoms with Gasteiger partial charge in [-0.05, 0) is 42.2 Å². The lowest BCUT2D eigenvalue weighted by Crippen LogP contribution is -2.18. The Hall–Kier alpha value is -3.03. The molecule has 30 heavy (non-hydrogen) atoms. The number of ether oxygens (including phenoxy) is 3. The minimum atomic E-state index is -0.280. The first-order valence-electron chi connectivity index (χ1n) is 9.44. The van der Waals surface area contributed by atoms with Crippen molar-refractivity contribution in [2.75, 3.05) is 26.1 Å². The van der Waals surface area contributed by atoms with Crippen LogP contribution in [-0.4, -0.2) is 36.9 Å². The van der Waals surface area contributed by atoms with Crippen LogP contribution in [0.1, 0.15) is 16.8 Å². The summed E-state index contributed by atoms with van der Waals surface area (Å²) in [6.07, 6.45) is 1.49. The van der Waals surface area contributed by atoms with Gasteiger partial charge >= 0.3 is 0 Å². The number of aromatic nitrogens is 2. The predicted molar refractivity (Wildman–Crippen MR) is 115 cm³/mol. The largest absolute Gasteiger partial charge is 0.497 e. The molecule has 1 heterocycles. The molecule has 0 aliphatic heterocycles. The van der Waals surface area contributed by atoms with E-state index < -0.39 is 0 Å². The van der Waals surface area contributed by atoms with E-state index in [4.69, 9.17) is 25.8 Å². The minimum absolute atomic E-state index is 0.0863. The summed E-state index contributed by atoms with van der Waals surface area (Å²) in [5, 5.41) is 10.4. The summed E-state index contributed by atoms with van der Waals surface area (Å²) in [6, 6.07) is 14.9. The van der Waals surface area contributed by atoms with Crippen LogP contribution < -0.4 is 14.8 Å². The van der Waals surface area contributed by atoms with Gasteiger partial charge in [-0.25, -0.2) is 0 Å². The highest BCUT2D eigenvalue weighted by Crippen LogP contribution is 2.23. The van der Waals surface area contributed by atoms with Gasteiger partial charge in [0.1, 0.15) is 18.1 Å². The maximum absolute atomic E-state index is 12.1. The summed E-state index contributed by atoms with van der Waals surface area (Å²) in [7, 11) is 3.25. The third-order valence-electron chi connectivity index (χ3n) is 4.44. The van der Waals surface area contributed by atoms with E-state index in [1.165, 1.54) is 0 Å². The Morgan fingerprint density at radius 3 is 2.50 bits per heavy atom. The van der Waals surface area contributed by atoms with Crippen molar-refractivity contribution >= 4 is 23.3 Å². The van der Waals surface area contributed by atoms with E-state index in [1.807, 2.05) is 42.5 Å². The molecule has 0 atom stereocenters. The number of amides is 1. The van der Waals surface area contributed by atoms with Gasteiger partial charge in [0.15, 0.2) is 5.82 Å². The molecular formula is C22H24ClN3O4. The highest BCUT2D eigenvalue weighted by Gasteiger charge is 2.09. The van der Waals surface area contributed by atoms with Crippen LogP contribution >= 0.6 is 11.6 Å². The molecule has 0 radical (unpaired) electrons. The van der Waals surface area contributed by atoms with Gasteiger partial charge in [-0.1, -0.05) is 29.8 Å². The number of nitrogens with zero attached hydrogens (tertiary/aromatic N) is 1. The molecular weight excluding hydrogens is 406 g/mol. The average Bonchev–Trinajstić information content (AvgIpc) is 3.20. The predicted octanol–water partition coefficient (Wildman–Crippen LogP) is 4.02. The molecule has 3 rings (SSSR count). The number of aromatic amines is 1. The fraction of sp³-hybridized carbons (Fsp3) is 0.273. The summed E-state index contributed by atoms with van der Waals surface area (Å²) in [5.41, 5.74) is 2.83.